The molecule has 1 rings (SSSR count). The molecule has 0 radical (unpaired) electrons. The second kappa shape index (κ2) is 5.47. The van der Waals surface area contributed by atoms with E-state index in [1.165, 1.54) is 31.2 Å². The van der Waals surface area contributed by atoms with E-state index in [1.807, 2.05) is 0 Å². The van der Waals surface area contributed by atoms with E-state index in [9.17, 15) is 18.0 Å². The summed E-state index contributed by atoms with van der Waals surface area (Å²) in [6.07, 6.45) is 0. The van der Waals surface area contributed by atoms with Crippen molar-refractivity contribution < 1.29 is 27.3 Å². The molecule has 18 heavy (non-hydrogen) atoms. The number of carbonyl (C=O) groups is 2. The Morgan fingerprint density at radius 1 is 1.28 bits per heavy atom. The van der Waals surface area contributed by atoms with Crippen molar-refractivity contribution in [3.63, 3.8) is 0 Å². The van der Waals surface area contributed by atoms with Crippen LogP contribution in [-0.2, 0) is 19.7 Å². The third-order valence-corrected chi connectivity index (χ3v) is 3.38. The molecule has 0 heterocycles. The highest BCUT2D eigenvalue weighted by Crippen LogP contribution is 2.26. The van der Waals surface area contributed by atoms with Crippen molar-refractivity contribution in [1.82, 2.24) is 0 Å². The maximum Gasteiger partial charge on any atom is 0.308 e. The van der Waals surface area contributed by atoms with Gasteiger partial charge in [-0.15, -0.1) is 0 Å². The first-order chi connectivity index (χ1) is 8.21. The number of hydrogen-bond acceptors (Lipinski definition) is 5. The van der Waals surface area contributed by atoms with E-state index in [2.05, 4.69) is 0 Å². The highest BCUT2D eigenvalue weighted by Gasteiger charge is 2.31. The molecule has 6 nitrogen and oxygen atoms in total. The summed E-state index contributed by atoms with van der Waals surface area (Å²) >= 11 is 5.12. The second-order valence-corrected chi connectivity index (χ2v) is 5.24. The van der Waals surface area contributed by atoms with Crippen molar-refractivity contribution in [3.8, 4) is 5.75 Å². The molecule has 1 atom stereocenters. The minimum Gasteiger partial charge on any atom is -0.427 e. The quantitative estimate of drug-likeness (QED) is 0.389. The van der Waals surface area contributed by atoms with E-state index in [1.54, 1.807) is 0 Å². The van der Waals surface area contributed by atoms with Gasteiger partial charge in [-0.05, 0) is 29.3 Å². The molecule has 1 N–H and O–H groups in total. The van der Waals surface area contributed by atoms with Gasteiger partial charge < -0.3 is 4.74 Å². The van der Waals surface area contributed by atoms with Crippen LogP contribution < -0.4 is 4.74 Å². The summed E-state index contributed by atoms with van der Waals surface area (Å²) in [7, 11) is -4.64. The Kier molecular flexibility index (Phi) is 4.44. The first kappa shape index (κ1) is 14.6. The molecular weight excluding hydrogens is 284 g/mol. The molecule has 0 aromatic heterocycles. The third kappa shape index (κ3) is 3.80. The Hall–Kier alpha value is -1.44. The van der Waals surface area contributed by atoms with Crippen LogP contribution in [0.1, 0.15) is 17.7 Å². The third-order valence-electron chi connectivity index (χ3n) is 1.95. The Balaban J connectivity index is 3.09. The summed E-state index contributed by atoms with van der Waals surface area (Å²) in [4.78, 5) is 21.7. The summed E-state index contributed by atoms with van der Waals surface area (Å²) in [5, 5.41) is -3.08. The summed E-state index contributed by atoms with van der Waals surface area (Å²) in [5.41, 5.74) is -0.0200. The molecule has 0 aliphatic carbocycles. The van der Waals surface area contributed by atoms with Crippen LogP contribution in [-0.4, -0.2) is 24.2 Å². The van der Waals surface area contributed by atoms with Gasteiger partial charge in [-0.1, -0.05) is 12.1 Å². The van der Waals surface area contributed by atoms with Gasteiger partial charge in [0.05, 0.1) is 0 Å². The average molecular weight is 293 g/mol. The van der Waals surface area contributed by atoms with Crippen molar-refractivity contribution in [2.75, 3.05) is 0 Å². The van der Waals surface area contributed by atoms with Gasteiger partial charge >= 0.3 is 5.97 Å². The van der Waals surface area contributed by atoms with Gasteiger partial charge in [0.25, 0.3) is 10.1 Å². The van der Waals surface area contributed by atoms with E-state index >= 15 is 0 Å². The summed E-state index contributed by atoms with van der Waals surface area (Å²) < 4.78 is 35.6. The second-order valence-electron chi connectivity index (χ2n) is 3.36. The highest BCUT2D eigenvalue weighted by atomic mass is 35.5. The smallest absolute Gasteiger partial charge is 0.308 e. The lowest BCUT2D eigenvalue weighted by Gasteiger charge is -2.10. The lowest BCUT2D eigenvalue weighted by Crippen LogP contribution is -2.18. The zero-order valence-electron chi connectivity index (χ0n) is 9.16. The SMILES string of the molecule is CC(=O)Oc1ccc(C(C(=O)Cl)S(=O)(=O)O)cc1. The molecule has 1 aromatic carbocycles. The molecule has 8 heteroatoms. The van der Waals surface area contributed by atoms with Crippen LogP contribution >= 0.6 is 11.6 Å². The normalized spacial score (nSPS) is 12.8. The number of hydrogen-bond donors (Lipinski definition) is 1. The topological polar surface area (TPSA) is 97.7 Å². The maximum atomic E-state index is 11.0. The number of esters is 1. The van der Waals surface area contributed by atoms with E-state index in [0.29, 0.717) is 0 Å². The molecule has 0 amide bonds. The van der Waals surface area contributed by atoms with E-state index in [0.717, 1.165) is 0 Å². The van der Waals surface area contributed by atoms with Crippen molar-refractivity contribution in [1.29, 1.82) is 0 Å². The van der Waals surface area contributed by atoms with Gasteiger partial charge in [0.2, 0.25) is 5.24 Å². The largest absolute Gasteiger partial charge is 0.427 e. The molecule has 1 unspecified atom stereocenters. The van der Waals surface area contributed by atoms with Crippen molar-refractivity contribution in [2.45, 2.75) is 12.2 Å². The maximum absolute atomic E-state index is 11.0. The minimum absolute atomic E-state index is 0.0200. The van der Waals surface area contributed by atoms with Crippen LogP contribution in [0, 0.1) is 0 Å². The molecule has 98 valence electrons. The number of benzene rings is 1. The Bertz CT molecular complexity index is 563. The first-order valence-electron chi connectivity index (χ1n) is 4.66. The van der Waals surface area contributed by atoms with Crippen LogP contribution in [0.5, 0.6) is 5.75 Å². The molecule has 0 spiro atoms. The van der Waals surface area contributed by atoms with Gasteiger partial charge in [-0.25, -0.2) is 0 Å². The van der Waals surface area contributed by atoms with Crippen LogP contribution in [0.15, 0.2) is 24.3 Å². The lowest BCUT2D eigenvalue weighted by atomic mass is 10.1. The fourth-order valence-electron chi connectivity index (χ4n) is 1.30. The minimum atomic E-state index is -4.64. The van der Waals surface area contributed by atoms with Crippen LogP contribution in [0.25, 0.3) is 0 Å². The average Bonchev–Trinajstić information content (AvgIpc) is 2.17. The van der Waals surface area contributed by atoms with Gasteiger partial charge in [-0.3, -0.25) is 14.1 Å². The zero-order chi connectivity index (χ0) is 13.9. The predicted octanol–water partition coefficient (Wildman–Crippen LogP) is 1.31. The predicted molar refractivity (Wildman–Crippen MR) is 62.9 cm³/mol. The molecule has 0 aliphatic heterocycles. The monoisotopic (exact) mass is 292 g/mol. The molecule has 0 bridgehead atoms. The standard InChI is InChI=1S/C10H9ClO6S/c1-6(12)17-8-4-2-7(3-5-8)9(10(11)13)18(14,15)16/h2-5,9H,1H3,(H,14,15,16). The van der Waals surface area contributed by atoms with Crippen LogP contribution in [0.2, 0.25) is 0 Å². The van der Waals surface area contributed by atoms with Crippen molar-refractivity contribution in [2.24, 2.45) is 0 Å². The lowest BCUT2D eigenvalue weighted by molar-refractivity contribution is -0.131. The number of halogens is 1. The molecule has 0 fully saturated rings. The number of ether oxygens (including phenoxy) is 1. The van der Waals surface area contributed by atoms with Crippen molar-refractivity contribution >= 4 is 32.9 Å². The first-order valence-corrected chi connectivity index (χ1v) is 6.54. The summed E-state index contributed by atoms with van der Waals surface area (Å²) in [6.45, 7) is 1.21. The van der Waals surface area contributed by atoms with Crippen molar-refractivity contribution in [3.05, 3.63) is 29.8 Å². The van der Waals surface area contributed by atoms with Gasteiger partial charge in [0, 0.05) is 6.92 Å². The molecular formula is C10H9ClO6S. The summed E-state index contributed by atoms with van der Waals surface area (Å²) in [5.74, 6) is -0.357. The fraction of sp³-hybridized carbons (Fsp3) is 0.200. The number of carbonyl (C=O) groups excluding carboxylic acids is 2. The molecule has 1 aromatic rings. The van der Waals surface area contributed by atoms with E-state index in [-0.39, 0.29) is 11.3 Å². The van der Waals surface area contributed by atoms with Gasteiger partial charge in [0.1, 0.15) is 5.75 Å². The molecule has 0 saturated carbocycles. The van der Waals surface area contributed by atoms with Crippen LogP contribution in [0.4, 0.5) is 0 Å². The number of rotatable bonds is 4. The van der Waals surface area contributed by atoms with Gasteiger partial charge in [-0.2, -0.15) is 8.42 Å². The highest BCUT2D eigenvalue weighted by molar-refractivity contribution is 7.87. The van der Waals surface area contributed by atoms with E-state index in [4.69, 9.17) is 20.9 Å². The fourth-order valence-corrected chi connectivity index (χ4v) is 2.50. The Morgan fingerprint density at radius 3 is 2.11 bits per heavy atom. The molecule has 0 aliphatic rings. The van der Waals surface area contributed by atoms with Gasteiger partial charge in [0.15, 0.2) is 5.25 Å². The Morgan fingerprint density at radius 2 is 1.78 bits per heavy atom. The van der Waals surface area contributed by atoms with E-state index < -0.39 is 26.6 Å². The zero-order valence-corrected chi connectivity index (χ0v) is 10.7. The van der Waals surface area contributed by atoms with Crippen LogP contribution in [0.3, 0.4) is 0 Å². The molecule has 0 saturated heterocycles. The summed E-state index contributed by atoms with van der Waals surface area (Å²) in [6, 6.07) is 5.01. The Labute approximate surface area is 108 Å².